The van der Waals surface area contributed by atoms with E-state index in [9.17, 15) is 0 Å². The molecule has 0 aliphatic rings. The molecule has 1 aromatic carbocycles. The molecule has 0 saturated carbocycles. The van der Waals surface area contributed by atoms with Gasteiger partial charge in [-0.1, -0.05) is 11.6 Å². The summed E-state index contributed by atoms with van der Waals surface area (Å²) in [4.78, 5) is 0. The van der Waals surface area contributed by atoms with Crippen LogP contribution in [0.4, 0.5) is 11.4 Å². The molecular formula is C7H9ClN2O. The summed E-state index contributed by atoms with van der Waals surface area (Å²) >= 11 is 5.74. The van der Waals surface area contributed by atoms with Crippen LogP contribution in [0.3, 0.4) is 0 Å². The molecule has 60 valence electrons. The molecule has 0 amide bonds. The van der Waals surface area contributed by atoms with E-state index in [4.69, 9.17) is 27.8 Å². The Morgan fingerprint density at radius 3 is 2.45 bits per heavy atom. The van der Waals surface area contributed by atoms with Crippen LogP contribution in [-0.4, -0.2) is 7.11 Å². The van der Waals surface area contributed by atoms with Crippen LogP contribution in [0.25, 0.3) is 0 Å². The molecule has 0 spiro atoms. The lowest BCUT2D eigenvalue weighted by Gasteiger charge is -2.07. The van der Waals surface area contributed by atoms with Crippen molar-refractivity contribution in [1.29, 1.82) is 0 Å². The van der Waals surface area contributed by atoms with Crippen molar-refractivity contribution in [3.8, 4) is 5.75 Å². The van der Waals surface area contributed by atoms with Gasteiger partial charge in [-0.05, 0) is 12.1 Å². The summed E-state index contributed by atoms with van der Waals surface area (Å²) in [6.07, 6.45) is 0. The van der Waals surface area contributed by atoms with E-state index in [0.29, 0.717) is 22.1 Å². The van der Waals surface area contributed by atoms with E-state index in [1.54, 1.807) is 12.1 Å². The molecule has 0 radical (unpaired) electrons. The summed E-state index contributed by atoms with van der Waals surface area (Å²) in [6.45, 7) is 0. The van der Waals surface area contributed by atoms with Crippen LogP contribution >= 0.6 is 11.6 Å². The molecule has 3 nitrogen and oxygen atoms in total. The van der Waals surface area contributed by atoms with E-state index >= 15 is 0 Å². The fraction of sp³-hybridized carbons (Fsp3) is 0.143. The number of halogens is 1. The average molecular weight is 173 g/mol. The van der Waals surface area contributed by atoms with E-state index in [1.165, 1.54) is 7.11 Å². The quantitative estimate of drug-likeness (QED) is 0.632. The van der Waals surface area contributed by atoms with Crippen molar-refractivity contribution in [2.24, 2.45) is 0 Å². The zero-order valence-corrected chi connectivity index (χ0v) is 6.85. The van der Waals surface area contributed by atoms with Gasteiger partial charge in [0.1, 0.15) is 0 Å². The third kappa shape index (κ3) is 1.33. The second kappa shape index (κ2) is 2.88. The Hall–Kier alpha value is -1.09. The van der Waals surface area contributed by atoms with Crippen molar-refractivity contribution in [1.82, 2.24) is 0 Å². The van der Waals surface area contributed by atoms with Crippen LogP contribution in [0.15, 0.2) is 12.1 Å². The molecule has 11 heavy (non-hydrogen) atoms. The molecule has 0 unspecified atom stereocenters. The predicted octanol–water partition coefficient (Wildman–Crippen LogP) is 1.51. The molecule has 4 N–H and O–H groups in total. The molecule has 1 rings (SSSR count). The van der Waals surface area contributed by atoms with Gasteiger partial charge in [0.2, 0.25) is 0 Å². The third-order valence-electron chi connectivity index (χ3n) is 1.39. The number of nitrogen functional groups attached to an aromatic ring is 2. The minimum absolute atomic E-state index is 0.389. The first kappa shape index (κ1) is 8.01. The number of rotatable bonds is 1. The van der Waals surface area contributed by atoms with Gasteiger partial charge in [0.05, 0.1) is 23.5 Å². The smallest absolute Gasteiger partial charge is 0.162 e. The van der Waals surface area contributed by atoms with E-state index < -0.39 is 0 Å². The van der Waals surface area contributed by atoms with Gasteiger partial charge in [-0.25, -0.2) is 0 Å². The highest BCUT2D eigenvalue weighted by atomic mass is 35.5. The summed E-state index contributed by atoms with van der Waals surface area (Å²) < 4.78 is 4.92. The maximum Gasteiger partial charge on any atom is 0.162 e. The standard InChI is InChI=1S/C7H9ClN2O/c1-11-7-4(8)2-3-5(9)6(7)10/h2-3H,9-10H2,1H3. The van der Waals surface area contributed by atoms with E-state index in [1.807, 2.05) is 0 Å². The Morgan fingerprint density at radius 1 is 1.36 bits per heavy atom. The van der Waals surface area contributed by atoms with Gasteiger partial charge in [0.25, 0.3) is 0 Å². The van der Waals surface area contributed by atoms with Crippen LogP contribution in [0, 0.1) is 0 Å². The van der Waals surface area contributed by atoms with Crippen molar-refractivity contribution in [3.05, 3.63) is 17.2 Å². The van der Waals surface area contributed by atoms with Crippen molar-refractivity contribution in [2.75, 3.05) is 18.6 Å². The molecule has 0 aliphatic heterocycles. The average Bonchev–Trinajstić information content (AvgIpc) is 1.99. The van der Waals surface area contributed by atoms with Crippen LogP contribution in [0.5, 0.6) is 5.75 Å². The van der Waals surface area contributed by atoms with E-state index in [2.05, 4.69) is 0 Å². The third-order valence-corrected chi connectivity index (χ3v) is 1.68. The number of nitrogens with two attached hydrogens (primary N) is 2. The minimum Gasteiger partial charge on any atom is -0.493 e. The second-order valence-electron chi connectivity index (χ2n) is 2.08. The topological polar surface area (TPSA) is 61.3 Å². The Kier molecular flexibility index (Phi) is 2.10. The van der Waals surface area contributed by atoms with Gasteiger partial charge in [-0.2, -0.15) is 0 Å². The molecule has 0 saturated heterocycles. The maximum atomic E-state index is 5.74. The monoisotopic (exact) mass is 172 g/mol. The van der Waals surface area contributed by atoms with Crippen molar-refractivity contribution in [3.63, 3.8) is 0 Å². The van der Waals surface area contributed by atoms with Crippen LogP contribution in [-0.2, 0) is 0 Å². The van der Waals surface area contributed by atoms with Gasteiger partial charge in [0.15, 0.2) is 5.75 Å². The Labute approximate surface area is 69.9 Å². The first-order valence-corrected chi connectivity index (χ1v) is 3.42. The zero-order chi connectivity index (χ0) is 8.43. The molecule has 0 aliphatic carbocycles. The number of benzene rings is 1. The van der Waals surface area contributed by atoms with Gasteiger partial charge >= 0.3 is 0 Å². The van der Waals surface area contributed by atoms with Gasteiger partial charge in [-0.15, -0.1) is 0 Å². The van der Waals surface area contributed by atoms with Crippen molar-refractivity contribution >= 4 is 23.0 Å². The zero-order valence-electron chi connectivity index (χ0n) is 6.10. The molecule has 0 fully saturated rings. The Bertz CT molecular complexity index is 275. The van der Waals surface area contributed by atoms with Gasteiger partial charge in [-0.3, -0.25) is 0 Å². The SMILES string of the molecule is COc1c(Cl)ccc(N)c1N. The first-order valence-electron chi connectivity index (χ1n) is 3.04. The molecule has 0 atom stereocenters. The molecule has 0 aromatic heterocycles. The molecule has 0 bridgehead atoms. The number of ether oxygens (including phenoxy) is 1. The maximum absolute atomic E-state index is 5.74. The molecular weight excluding hydrogens is 164 g/mol. The van der Waals surface area contributed by atoms with Crippen molar-refractivity contribution < 1.29 is 4.74 Å². The second-order valence-corrected chi connectivity index (χ2v) is 2.49. The minimum atomic E-state index is 0.389. The molecule has 0 heterocycles. The highest BCUT2D eigenvalue weighted by Gasteiger charge is 2.06. The predicted molar refractivity (Wildman–Crippen MR) is 46.8 cm³/mol. The van der Waals surface area contributed by atoms with Crippen LogP contribution in [0.2, 0.25) is 5.02 Å². The number of anilines is 2. The Morgan fingerprint density at radius 2 is 2.00 bits per heavy atom. The lowest BCUT2D eigenvalue weighted by Crippen LogP contribution is -1.98. The van der Waals surface area contributed by atoms with Crippen LogP contribution in [0.1, 0.15) is 0 Å². The number of hydrogen-bond donors (Lipinski definition) is 2. The summed E-state index contributed by atoms with van der Waals surface area (Å²) in [5, 5.41) is 0.471. The highest BCUT2D eigenvalue weighted by Crippen LogP contribution is 2.34. The Balaban J connectivity index is 3.29. The van der Waals surface area contributed by atoms with Gasteiger partial charge in [0, 0.05) is 0 Å². The van der Waals surface area contributed by atoms with Crippen LogP contribution < -0.4 is 16.2 Å². The fourth-order valence-electron chi connectivity index (χ4n) is 0.796. The first-order chi connectivity index (χ1) is 5.16. The van der Waals surface area contributed by atoms with Gasteiger partial charge < -0.3 is 16.2 Å². The lowest BCUT2D eigenvalue weighted by molar-refractivity contribution is 0.417. The highest BCUT2D eigenvalue weighted by molar-refractivity contribution is 6.32. The summed E-state index contributed by atoms with van der Waals surface area (Å²) in [5.74, 6) is 0.437. The molecule has 1 aromatic rings. The lowest BCUT2D eigenvalue weighted by atomic mass is 10.2. The number of hydrogen-bond acceptors (Lipinski definition) is 3. The summed E-state index contributed by atoms with van der Waals surface area (Å²) in [7, 11) is 1.50. The summed E-state index contributed by atoms with van der Waals surface area (Å²) in [5.41, 5.74) is 11.9. The van der Waals surface area contributed by atoms with Crippen molar-refractivity contribution in [2.45, 2.75) is 0 Å². The van der Waals surface area contributed by atoms with E-state index in [0.717, 1.165) is 0 Å². The summed E-state index contributed by atoms with van der Waals surface area (Å²) in [6, 6.07) is 3.28. The van der Waals surface area contributed by atoms with E-state index in [-0.39, 0.29) is 0 Å². The largest absolute Gasteiger partial charge is 0.493 e. The normalized spacial score (nSPS) is 9.64. The number of methoxy groups -OCH3 is 1. The fourth-order valence-corrected chi connectivity index (χ4v) is 1.04. The molecule has 4 heteroatoms.